The van der Waals surface area contributed by atoms with Crippen LogP contribution in [0.5, 0.6) is 0 Å². The van der Waals surface area contributed by atoms with Crippen LogP contribution in [0, 0.1) is 0 Å². The van der Waals surface area contributed by atoms with Crippen molar-refractivity contribution in [3.63, 3.8) is 0 Å². The number of benzene rings is 1. The number of oxazole rings is 1. The van der Waals surface area contributed by atoms with Gasteiger partial charge in [-0.15, -0.1) is 0 Å². The molecule has 0 fully saturated rings. The van der Waals surface area contributed by atoms with Crippen LogP contribution in [0.2, 0.25) is 5.02 Å². The lowest BCUT2D eigenvalue weighted by Crippen LogP contribution is -2.20. The minimum Gasteiger partial charge on any atom is -0.468 e. The molecule has 1 aromatic heterocycles. The zero-order valence-electron chi connectivity index (χ0n) is 8.40. The molecule has 0 N–H and O–H groups in total. The predicted octanol–water partition coefficient (Wildman–Crippen LogP) is 1.42. The van der Waals surface area contributed by atoms with Crippen molar-refractivity contribution in [1.82, 2.24) is 4.57 Å². The third-order valence-electron chi connectivity index (χ3n) is 2.14. The number of ether oxygens (including phenoxy) is 1. The molecule has 0 radical (unpaired) electrons. The molecule has 0 unspecified atom stereocenters. The summed E-state index contributed by atoms with van der Waals surface area (Å²) >= 11 is 5.80. The van der Waals surface area contributed by atoms with Crippen molar-refractivity contribution in [2.45, 2.75) is 6.54 Å². The lowest BCUT2D eigenvalue weighted by Gasteiger charge is -1.99. The summed E-state index contributed by atoms with van der Waals surface area (Å²) in [6.45, 7) is -0.192. The van der Waals surface area contributed by atoms with E-state index in [2.05, 4.69) is 4.74 Å². The van der Waals surface area contributed by atoms with Gasteiger partial charge in [0.15, 0.2) is 5.58 Å². The van der Waals surface area contributed by atoms with Gasteiger partial charge in [0.1, 0.15) is 6.54 Å². The van der Waals surface area contributed by atoms with Crippen molar-refractivity contribution < 1.29 is 13.9 Å². The van der Waals surface area contributed by atoms with Crippen LogP contribution in [0.25, 0.3) is 11.1 Å². The van der Waals surface area contributed by atoms with Gasteiger partial charge in [0.25, 0.3) is 0 Å². The molecule has 16 heavy (non-hydrogen) atoms. The average molecular weight is 242 g/mol. The molecule has 0 aliphatic rings. The monoisotopic (exact) mass is 241 g/mol. The maximum atomic E-state index is 11.4. The van der Waals surface area contributed by atoms with E-state index in [0.717, 1.165) is 0 Å². The van der Waals surface area contributed by atoms with E-state index in [9.17, 15) is 9.59 Å². The number of rotatable bonds is 2. The Morgan fingerprint density at radius 2 is 2.31 bits per heavy atom. The summed E-state index contributed by atoms with van der Waals surface area (Å²) in [6, 6.07) is 4.74. The summed E-state index contributed by atoms with van der Waals surface area (Å²) in [5.74, 6) is -1.13. The molecule has 0 spiro atoms. The van der Waals surface area contributed by atoms with Gasteiger partial charge in [0, 0.05) is 5.02 Å². The highest BCUT2D eigenvalue weighted by Gasteiger charge is 2.12. The summed E-state index contributed by atoms with van der Waals surface area (Å²) < 4.78 is 10.6. The standard InChI is InChI=1S/C10H8ClNO4/c1-15-9(13)5-12-7-4-6(11)2-3-8(7)16-10(12)14/h2-4H,5H2,1H3. The molecule has 2 aromatic rings. The first kappa shape index (κ1) is 10.8. The molecular formula is C10H8ClNO4. The van der Waals surface area contributed by atoms with Crippen molar-refractivity contribution >= 4 is 28.7 Å². The molecule has 0 saturated carbocycles. The Kier molecular flexibility index (Phi) is 2.70. The third kappa shape index (κ3) is 1.81. The molecule has 1 aromatic carbocycles. The molecule has 5 nitrogen and oxygen atoms in total. The van der Waals surface area contributed by atoms with Crippen LogP contribution in [0.3, 0.4) is 0 Å². The Hall–Kier alpha value is -1.75. The number of carbonyl (C=O) groups is 1. The van der Waals surface area contributed by atoms with Gasteiger partial charge in [-0.3, -0.25) is 9.36 Å². The van der Waals surface area contributed by atoms with Crippen molar-refractivity contribution in [3.8, 4) is 0 Å². The largest absolute Gasteiger partial charge is 0.468 e. The first-order valence-corrected chi connectivity index (χ1v) is 4.85. The molecule has 0 saturated heterocycles. The van der Waals surface area contributed by atoms with Crippen LogP contribution in [0.1, 0.15) is 0 Å². The van der Waals surface area contributed by atoms with E-state index in [-0.39, 0.29) is 6.54 Å². The van der Waals surface area contributed by atoms with Crippen LogP contribution in [-0.4, -0.2) is 17.6 Å². The number of esters is 1. The zero-order valence-corrected chi connectivity index (χ0v) is 9.15. The average Bonchev–Trinajstić information content (AvgIpc) is 2.55. The predicted molar refractivity (Wildman–Crippen MR) is 57.5 cm³/mol. The van der Waals surface area contributed by atoms with E-state index < -0.39 is 11.7 Å². The molecule has 1 heterocycles. The number of hydrogen-bond acceptors (Lipinski definition) is 4. The summed E-state index contributed by atoms with van der Waals surface area (Å²) in [6.07, 6.45) is 0. The fraction of sp³-hybridized carbons (Fsp3) is 0.200. The van der Waals surface area contributed by atoms with Crippen LogP contribution < -0.4 is 5.76 Å². The Labute approximate surface area is 95.2 Å². The van der Waals surface area contributed by atoms with Crippen molar-refractivity contribution in [1.29, 1.82) is 0 Å². The van der Waals surface area contributed by atoms with Crippen molar-refractivity contribution in [3.05, 3.63) is 33.8 Å². The first-order chi connectivity index (χ1) is 7.61. The topological polar surface area (TPSA) is 61.4 Å². The number of hydrogen-bond donors (Lipinski definition) is 0. The summed E-state index contributed by atoms with van der Waals surface area (Å²) in [5.41, 5.74) is 0.862. The molecule has 6 heteroatoms. The van der Waals surface area contributed by atoms with Crippen LogP contribution in [0.15, 0.2) is 27.4 Å². The van der Waals surface area contributed by atoms with Crippen LogP contribution >= 0.6 is 11.6 Å². The number of methoxy groups -OCH3 is 1. The summed E-state index contributed by atoms with van der Waals surface area (Å²) in [5, 5.41) is 0.465. The van der Waals surface area contributed by atoms with E-state index in [1.54, 1.807) is 18.2 Å². The second kappa shape index (κ2) is 4.02. The first-order valence-electron chi connectivity index (χ1n) is 4.47. The van der Waals surface area contributed by atoms with Gasteiger partial charge in [0.05, 0.1) is 12.6 Å². The Morgan fingerprint density at radius 1 is 1.56 bits per heavy atom. The quantitative estimate of drug-likeness (QED) is 0.746. The third-order valence-corrected chi connectivity index (χ3v) is 2.38. The van der Waals surface area contributed by atoms with E-state index in [1.807, 2.05) is 0 Å². The molecule has 2 rings (SSSR count). The molecule has 0 amide bonds. The van der Waals surface area contributed by atoms with Gasteiger partial charge in [0.2, 0.25) is 0 Å². The highest BCUT2D eigenvalue weighted by Crippen LogP contribution is 2.18. The lowest BCUT2D eigenvalue weighted by atomic mass is 10.3. The maximum Gasteiger partial charge on any atom is 0.420 e. The van der Waals surface area contributed by atoms with E-state index >= 15 is 0 Å². The van der Waals surface area contributed by atoms with E-state index in [1.165, 1.54) is 11.7 Å². The fourth-order valence-corrected chi connectivity index (χ4v) is 1.54. The number of nitrogens with zero attached hydrogens (tertiary/aromatic N) is 1. The number of aromatic nitrogens is 1. The molecule has 0 atom stereocenters. The summed E-state index contributed by atoms with van der Waals surface area (Å²) in [7, 11) is 1.25. The second-order valence-corrected chi connectivity index (χ2v) is 3.58. The number of carbonyl (C=O) groups excluding carboxylic acids is 1. The molecular weight excluding hydrogens is 234 g/mol. The number of fused-ring (bicyclic) bond motifs is 1. The van der Waals surface area contributed by atoms with Gasteiger partial charge < -0.3 is 9.15 Å². The van der Waals surface area contributed by atoms with Gasteiger partial charge in [-0.25, -0.2) is 4.79 Å². The Morgan fingerprint density at radius 3 is 3.00 bits per heavy atom. The lowest BCUT2D eigenvalue weighted by molar-refractivity contribution is -0.141. The number of halogens is 1. The van der Waals surface area contributed by atoms with Gasteiger partial charge in [-0.2, -0.15) is 0 Å². The van der Waals surface area contributed by atoms with Crippen molar-refractivity contribution in [2.24, 2.45) is 0 Å². The molecule has 0 aliphatic heterocycles. The highest BCUT2D eigenvalue weighted by molar-refractivity contribution is 6.31. The minimum atomic E-state index is -0.609. The van der Waals surface area contributed by atoms with Gasteiger partial charge in [-0.05, 0) is 18.2 Å². The normalized spacial score (nSPS) is 10.6. The zero-order chi connectivity index (χ0) is 11.7. The molecule has 0 bridgehead atoms. The smallest absolute Gasteiger partial charge is 0.420 e. The Balaban J connectivity index is 2.58. The van der Waals surface area contributed by atoms with Crippen LogP contribution in [0.4, 0.5) is 0 Å². The van der Waals surface area contributed by atoms with Gasteiger partial charge in [-0.1, -0.05) is 11.6 Å². The Bertz CT molecular complexity index is 598. The molecule has 84 valence electrons. The highest BCUT2D eigenvalue weighted by atomic mass is 35.5. The van der Waals surface area contributed by atoms with E-state index in [4.69, 9.17) is 16.0 Å². The van der Waals surface area contributed by atoms with Crippen LogP contribution in [-0.2, 0) is 16.1 Å². The second-order valence-electron chi connectivity index (χ2n) is 3.14. The molecule has 0 aliphatic carbocycles. The van der Waals surface area contributed by atoms with Gasteiger partial charge >= 0.3 is 11.7 Å². The minimum absolute atomic E-state index is 0.192. The fourth-order valence-electron chi connectivity index (χ4n) is 1.38. The van der Waals surface area contributed by atoms with Crippen molar-refractivity contribution in [2.75, 3.05) is 7.11 Å². The van der Waals surface area contributed by atoms with E-state index in [0.29, 0.717) is 16.1 Å². The maximum absolute atomic E-state index is 11.4. The SMILES string of the molecule is COC(=O)Cn1c(=O)oc2ccc(Cl)cc21. The summed E-state index contributed by atoms with van der Waals surface area (Å²) in [4.78, 5) is 22.6.